The van der Waals surface area contributed by atoms with Crippen LogP contribution in [0.5, 0.6) is 0 Å². The number of carbonyl (C=O) groups is 2. The van der Waals surface area contributed by atoms with Gasteiger partial charge in [-0.25, -0.2) is 9.78 Å². The van der Waals surface area contributed by atoms with Gasteiger partial charge >= 0.3 is 6.03 Å². The van der Waals surface area contributed by atoms with Crippen molar-refractivity contribution in [3.63, 3.8) is 0 Å². The number of para-hydroxylation sites is 1. The molecule has 52 heavy (non-hydrogen) atoms. The number of nitrogens with zero attached hydrogens (tertiary/aromatic N) is 5. The van der Waals surface area contributed by atoms with Crippen LogP contribution in [0.1, 0.15) is 56.7 Å². The number of fused-ring (bicyclic) bond motifs is 1. The average Bonchev–Trinajstić information content (AvgIpc) is 3.87. The molecule has 3 amide bonds. The number of carbonyl (C=O) groups excluding carboxylic acids is 2. The van der Waals surface area contributed by atoms with Crippen LogP contribution < -0.4 is 26.2 Å². The Kier molecular flexibility index (Phi) is 11.3. The van der Waals surface area contributed by atoms with Crippen molar-refractivity contribution in [3.05, 3.63) is 108 Å². The highest BCUT2D eigenvalue weighted by atomic mass is 16.3. The van der Waals surface area contributed by atoms with Gasteiger partial charge in [-0.1, -0.05) is 93.2 Å². The van der Waals surface area contributed by atoms with Gasteiger partial charge in [-0.3, -0.25) is 4.79 Å². The summed E-state index contributed by atoms with van der Waals surface area (Å²) in [6.07, 6.45) is 0.596. The highest BCUT2D eigenvalue weighted by molar-refractivity contribution is 5.89. The van der Waals surface area contributed by atoms with Gasteiger partial charge in [0.2, 0.25) is 11.9 Å². The minimum absolute atomic E-state index is 0. The zero-order valence-corrected chi connectivity index (χ0v) is 28.4. The Labute approximate surface area is 303 Å². The zero-order chi connectivity index (χ0) is 35.3. The Morgan fingerprint density at radius 2 is 1.54 bits per heavy atom. The molecule has 0 spiro atoms. The summed E-state index contributed by atoms with van der Waals surface area (Å²) in [6.45, 7) is 3.37. The van der Waals surface area contributed by atoms with Gasteiger partial charge in [0.05, 0.1) is 18.4 Å². The summed E-state index contributed by atoms with van der Waals surface area (Å²) in [5.41, 5.74) is 4.03. The molecule has 0 unspecified atom stereocenters. The second-order valence-electron chi connectivity index (χ2n) is 13.2. The number of aromatic nitrogens is 4. The molecule has 5 aromatic rings. The van der Waals surface area contributed by atoms with Crippen molar-refractivity contribution in [2.24, 2.45) is 0 Å². The Balaban J connectivity index is 0.00000464. The molecule has 1 aliphatic heterocycles. The van der Waals surface area contributed by atoms with Gasteiger partial charge in [-0.2, -0.15) is 9.97 Å². The summed E-state index contributed by atoms with van der Waals surface area (Å²) in [4.78, 5) is 41.7. The number of benzene rings is 3. The van der Waals surface area contributed by atoms with Crippen LogP contribution in [0, 0.1) is 0 Å². The van der Waals surface area contributed by atoms with Gasteiger partial charge in [-0.05, 0) is 36.1 Å². The Bertz CT molecular complexity index is 1900. The first-order valence-corrected chi connectivity index (χ1v) is 17.5. The van der Waals surface area contributed by atoms with E-state index in [0.29, 0.717) is 61.1 Å². The maximum atomic E-state index is 12.8. The molecule has 272 valence electrons. The van der Waals surface area contributed by atoms with Crippen LogP contribution in [-0.4, -0.2) is 85.6 Å². The van der Waals surface area contributed by atoms with Crippen molar-refractivity contribution in [2.75, 3.05) is 35.2 Å². The summed E-state index contributed by atoms with van der Waals surface area (Å²) in [5, 5.41) is 34.4. The standard InChI is InChI=1S/C38H43N9O4.CH4/c1-2-31(48)43-29-20-30(34(50)33(29)49)47-23-40-32-35(39-21-28(24-12-6-3-7-13-24)25-14-8-4-9-15-25)44-37(45-36(32)47)46-19-18-27(22-46)42-38(51)41-26-16-10-5-11-17-26;/h3-17,23,27-30,33-34,49-50H,2,18-22H2,1H3,(H,43,48)(H,39,44,45)(H2,41,42,51);1H4/t27-,29-,30+,33-,34+;/m1./s1. The van der Waals surface area contributed by atoms with E-state index in [2.05, 4.69) is 45.5 Å². The molecule has 2 fully saturated rings. The van der Waals surface area contributed by atoms with Gasteiger partial charge < -0.3 is 40.9 Å². The zero-order valence-electron chi connectivity index (χ0n) is 28.4. The van der Waals surface area contributed by atoms with E-state index in [9.17, 15) is 19.8 Å². The molecule has 7 rings (SSSR count). The third kappa shape index (κ3) is 7.85. The van der Waals surface area contributed by atoms with E-state index < -0.39 is 24.3 Å². The molecule has 13 heteroatoms. The molecular formula is C39H47N9O4. The fraction of sp³-hybridized carbons (Fsp3) is 0.359. The summed E-state index contributed by atoms with van der Waals surface area (Å²) in [6, 6.07) is 28.3. The van der Waals surface area contributed by atoms with Crippen molar-refractivity contribution in [2.45, 2.75) is 69.9 Å². The van der Waals surface area contributed by atoms with Crippen molar-refractivity contribution in [3.8, 4) is 0 Å². The number of imidazole rings is 1. The molecule has 2 aliphatic rings. The molecule has 3 heterocycles. The van der Waals surface area contributed by atoms with Gasteiger partial charge in [0, 0.05) is 43.7 Å². The lowest BCUT2D eigenvalue weighted by Gasteiger charge is -2.22. The van der Waals surface area contributed by atoms with E-state index in [4.69, 9.17) is 15.0 Å². The summed E-state index contributed by atoms with van der Waals surface area (Å²) in [7, 11) is 0. The number of anilines is 3. The number of hydrogen-bond acceptors (Lipinski definition) is 9. The number of aliphatic hydroxyl groups is 2. The first-order chi connectivity index (χ1) is 24.9. The maximum absolute atomic E-state index is 12.8. The van der Waals surface area contributed by atoms with Gasteiger partial charge in [0.1, 0.15) is 12.2 Å². The van der Waals surface area contributed by atoms with Crippen LogP contribution >= 0.6 is 0 Å². The van der Waals surface area contributed by atoms with Crippen LogP contribution in [0.15, 0.2) is 97.3 Å². The fourth-order valence-corrected chi connectivity index (χ4v) is 7.08. The molecule has 1 aliphatic carbocycles. The van der Waals surface area contributed by atoms with Crippen molar-refractivity contribution in [1.29, 1.82) is 0 Å². The second kappa shape index (κ2) is 16.2. The molecule has 5 atom stereocenters. The van der Waals surface area contributed by atoms with Gasteiger partial charge in [0.15, 0.2) is 17.0 Å². The lowest BCUT2D eigenvalue weighted by atomic mass is 9.91. The first kappa shape index (κ1) is 36.3. The largest absolute Gasteiger partial charge is 0.388 e. The number of nitrogens with one attached hydrogen (secondary N) is 4. The second-order valence-corrected chi connectivity index (χ2v) is 13.2. The van der Waals surface area contributed by atoms with Crippen LogP contribution in [0.4, 0.5) is 22.2 Å². The number of urea groups is 1. The fourth-order valence-electron chi connectivity index (χ4n) is 7.08. The number of hydrogen-bond donors (Lipinski definition) is 6. The topological polar surface area (TPSA) is 170 Å². The van der Waals surface area contributed by atoms with E-state index in [0.717, 1.165) is 11.1 Å². The van der Waals surface area contributed by atoms with Crippen molar-refractivity contribution in [1.82, 2.24) is 30.2 Å². The van der Waals surface area contributed by atoms with Gasteiger partial charge in [-0.15, -0.1) is 0 Å². The number of amides is 3. The van der Waals surface area contributed by atoms with Crippen LogP contribution in [0.25, 0.3) is 11.2 Å². The van der Waals surface area contributed by atoms with Crippen LogP contribution in [-0.2, 0) is 4.79 Å². The SMILES string of the molecule is C.CCC(=O)N[C@@H]1C[C@H](n2cnc3c(NCC(c4ccccc4)c4ccccc4)nc(N4CC[C@@H](NC(=O)Nc5ccccc5)C4)nc32)[C@H](O)[C@@H]1O. The summed E-state index contributed by atoms with van der Waals surface area (Å²) in [5.74, 6) is 0.813. The molecule has 6 N–H and O–H groups in total. The molecule has 0 radical (unpaired) electrons. The molecule has 13 nitrogen and oxygen atoms in total. The monoisotopic (exact) mass is 705 g/mol. The minimum atomic E-state index is -1.15. The first-order valence-electron chi connectivity index (χ1n) is 17.5. The number of rotatable bonds is 11. The van der Waals surface area contributed by atoms with E-state index in [1.807, 2.05) is 71.6 Å². The lowest BCUT2D eigenvalue weighted by Crippen LogP contribution is -2.42. The Hall–Kier alpha value is -5.53. The smallest absolute Gasteiger partial charge is 0.319 e. The Morgan fingerprint density at radius 3 is 2.19 bits per heavy atom. The predicted molar refractivity (Wildman–Crippen MR) is 202 cm³/mol. The van der Waals surface area contributed by atoms with Crippen molar-refractivity contribution >= 4 is 40.6 Å². The maximum Gasteiger partial charge on any atom is 0.319 e. The third-order valence-corrected chi connectivity index (χ3v) is 9.80. The quantitative estimate of drug-likeness (QED) is 0.114. The van der Waals surface area contributed by atoms with Gasteiger partial charge in [0.25, 0.3) is 0 Å². The van der Waals surface area contributed by atoms with E-state index in [-0.39, 0.29) is 37.7 Å². The molecule has 1 saturated heterocycles. The molecular weight excluding hydrogens is 658 g/mol. The summed E-state index contributed by atoms with van der Waals surface area (Å²) < 4.78 is 1.78. The number of aliphatic hydroxyl groups excluding tert-OH is 2. The van der Waals surface area contributed by atoms with E-state index >= 15 is 0 Å². The molecule has 2 aromatic heterocycles. The van der Waals surface area contributed by atoms with Crippen molar-refractivity contribution < 1.29 is 19.8 Å². The lowest BCUT2D eigenvalue weighted by molar-refractivity contribution is -0.122. The highest BCUT2D eigenvalue weighted by Gasteiger charge is 2.44. The molecule has 3 aromatic carbocycles. The third-order valence-electron chi connectivity index (χ3n) is 9.80. The van der Waals surface area contributed by atoms with Crippen LogP contribution in [0.2, 0.25) is 0 Å². The van der Waals surface area contributed by atoms with E-state index in [1.165, 1.54) is 0 Å². The summed E-state index contributed by atoms with van der Waals surface area (Å²) >= 11 is 0. The molecule has 1 saturated carbocycles. The molecule has 0 bridgehead atoms. The highest BCUT2D eigenvalue weighted by Crippen LogP contribution is 2.35. The normalized spacial score (nSPS) is 21.2. The van der Waals surface area contributed by atoms with Crippen LogP contribution in [0.3, 0.4) is 0 Å². The minimum Gasteiger partial charge on any atom is -0.388 e. The average molecular weight is 706 g/mol. The Morgan fingerprint density at radius 1 is 0.885 bits per heavy atom. The van der Waals surface area contributed by atoms with E-state index in [1.54, 1.807) is 17.8 Å². The predicted octanol–water partition coefficient (Wildman–Crippen LogP) is 4.67.